The lowest BCUT2D eigenvalue weighted by Crippen LogP contribution is -2.33. The van der Waals surface area contributed by atoms with E-state index < -0.39 is 10.0 Å². The van der Waals surface area contributed by atoms with E-state index in [4.69, 9.17) is 4.74 Å². The standard InChI is InChI=1S/C26H24N4O4S2/c1-16-5-4-6-19-13-20(26(31)27-23(16)19)15-30(14-18-8-10-21(34-3)11-9-18)36(32,33)25-17(2)7-12-22-24(25)29-35-28-22/h4-13H,14-15H2,1-3H3,(H,27,31). The smallest absolute Gasteiger partial charge is 0.252 e. The third-order valence-corrected chi connectivity index (χ3v) is 8.72. The van der Waals surface area contributed by atoms with Gasteiger partial charge < -0.3 is 9.72 Å². The highest BCUT2D eigenvalue weighted by Gasteiger charge is 2.30. The van der Waals surface area contributed by atoms with Gasteiger partial charge in [-0.05, 0) is 60.2 Å². The van der Waals surface area contributed by atoms with Crippen molar-refractivity contribution in [1.29, 1.82) is 0 Å². The largest absolute Gasteiger partial charge is 0.497 e. The van der Waals surface area contributed by atoms with E-state index in [9.17, 15) is 13.2 Å². The molecule has 0 unspecified atom stereocenters. The van der Waals surface area contributed by atoms with Crippen LogP contribution in [0.1, 0.15) is 22.3 Å². The molecule has 36 heavy (non-hydrogen) atoms. The van der Waals surface area contributed by atoms with Gasteiger partial charge in [-0.3, -0.25) is 4.79 Å². The van der Waals surface area contributed by atoms with Crippen molar-refractivity contribution in [2.45, 2.75) is 31.8 Å². The number of sulfonamides is 1. The molecular weight excluding hydrogens is 496 g/mol. The van der Waals surface area contributed by atoms with Crippen LogP contribution >= 0.6 is 11.7 Å². The van der Waals surface area contributed by atoms with Crippen molar-refractivity contribution in [3.05, 3.63) is 93.3 Å². The van der Waals surface area contributed by atoms with Gasteiger partial charge in [0.2, 0.25) is 10.0 Å². The van der Waals surface area contributed by atoms with E-state index in [1.165, 1.54) is 4.31 Å². The SMILES string of the molecule is COc1ccc(CN(Cc2cc3cccc(C)c3[nH]c2=O)S(=O)(=O)c2c(C)ccc3nsnc23)cc1. The summed E-state index contributed by atoms with van der Waals surface area (Å²) in [4.78, 5) is 16.1. The first-order chi connectivity index (χ1) is 17.3. The Balaban J connectivity index is 1.64. The summed E-state index contributed by atoms with van der Waals surface area (Å²) in [7, 11) is -2.49. The molecule has 0 aliphatic carbocycles. The highest BCUT2D eigenvalue weighted by atomic mass is 32.2. The predicted molar refractivity (Wildman–Crippen MR) is 141 cm³/mol. The second kappa shape index (κ2) is 9.45. The van der Waals surface area contributed by atoms with Crippen molar-refractivity contribution in [2.24, 2.45) is 0 Å². The van der Waals surface area contributed by atoms with Gasteiger partial charge >= 0.3 is 0 Å². The van der Waals surface area contributed by atoms with Gasteiger partial charge in [0.05, 0.1) is 24.4 Å². The maximum Gasteiger partial charge on any atom is 0.252 e. The first-order valence-corrected chi connectivity index (χ1v) is 13.4. The normalized spacial score (nSPS) is 12.0. The van der Waals surface area contributed by atoms with Crippen LogP contribution in [-0.4, -0.2) is 33.6 Å². The van der Waals surface area contributed by atoms with Crippen molar-refractivity contribution < 1.29 is 13.2 Å². The quantitative estimate of drug-likeness (QED) is 0.338. The molecule has 2 aromatic heterocycles. The fraction of sp³-hybridized carbons (Fsp3) is 0.192. The van der Waals surface area contributed by atoms with Crippen molar-refractivity contribution in [1.82, 2.24) is 18.0 Å². The predicted octanol–water partition coefficient (Wildman–Crippen LogP) is 4.55. The number of para-hydroxylation sites is 1. The molecule has 0 fully saturated rings. The van der Waals surface area contributed by atoms with Crippen LogP contribution in [-0.2, 0) is 23.1 Å². The van der Waals surface area contributed by atoms with Crippen LogP contribution in [0.15, 0.2) is 70.4 Å². The van der Waals surface area contributed by atoms with Gasteiger partial charge in [-0.1, -0.05) is 36.4 Å². The Morgan fingerprint density at radius 3 is 2.50 bits per heavy atom. The fourth-order valence-electron chi connectivity index (χ4n) is 4.28. The number of aryl methyl sites for hydroxylation is 2. The Morgan fingerprint density at radius 1 is 0.972 bits per heavy atom. The summed E-state index contributed by atoms with van der Waals surface area (Å²) in [6.45, 7) is 3.61. The number of benzene rings is 3. The monoisotopic (exact) mass is 520 g/mol. The zero-order valence-electron chi connectivity index (χ0n) is 20.0. The Morgan fingerprint density at radius 2 is 1.75 bits per heavy atom. The van der Waals surface area contributed by atoms with Crippen LogP contribution in [0.2, 0.25) is 0 Å². The van der Waals surface area contributed by atoms with Crippen molar-refractivity contribution in [2.75, 3.05) is 7.11 Å². The minimum absolute atomic E-state index is 0.0605. The molecule has 1 N–H and O–H groups in total. The molecule has 5 aromatic rings. The molecule has 0 atom stereocenters. The molecule has 0 saturated heterocycles. The van der Waals surface area contributed by atoms with Gasteiger partial charge in [0.1, 0.15) is 21.7 Å². The van der Waals surface area contributed by atoms with Crippen molar-refractivity contribution in [3.8, 4) is 5.75 Å². The summed E-state index contributed by atoms with van der Waals surface area (Å²) in [6.07, 6.45) is 0. The maximum atomic E-state index is 14.2. The average molecular weight is 521 g/mol. The Bertz CT molecular complexity index is 1740. The summed E-state index contributed by atoms with van der Waals surface area (Å²) in [6, 6.07) is 18.2. The number of aromatic amines is 1. The number of H-pyrrole nitrogens is 1. The highest BCUT2D eigenvalue weighted by Crippen LogP contribution is 2.30. The second-order valence-electron chi connectivity index (χ2n) is 8.63. The van der Waals surface area contributed by atoms with Gasteiger partial charge in [-0.25, -0.2) is 8.42 Å². The lowest BCUT2D eigenvalue weighted by atomic mass is 10.1. The topological polar surface area (TPSA) is 105 Å². The number of fused-ring (bicyclic) bond motifs is 2. The van der Waals surface area contributed by atoms with E-state index in [0.717, 1.165) is 33.8 Å². The van der Waals surface area contributed by atoms with Gasteiger partial charge in [0, 0.05) is 18.7 Å². The molecule has 10 heteroatoms. The van der Waals surface area contributed by atoms with Crippen LogP contribution in [0.25, 0.3) is 21.9 Å². The van der Waals surface area contributed by atoms with E-state index >= 15 is 0 Å². The number of nitrogens with one attached hydrogen (secondary N) is 1. The molecule has 5 rings (SSSR count). The molecular formula is C26H24N4O4S2. The average Bonchev–Trinajstić information content (AvgIpc) is 3.33. The number of aromatic nitrogens is 3. The molecule has 0 aliphatic rings. The van der Waals surface area contributed by atoms with Crippen LogP contribution in [0.5, 0.6) is 5.75 Å². The highest BCUT2D eigenvalue weighted by molar-refractivity contribution is 7.89. The minimum Gasteiger partial charge on any atom is -0.497 e. The number of nitrogens with zero attached hydrogens (tertiary/aromatic N) is 3. The molecule has 184 valence electrons. The van der Waals surface area contributed by atoms with Gasteiger partial charge in [-0.2, -0.15) is 13.1 Å². The minimum atomic E-state index is -4.07. The van der Waals surface area contributed by atoms with Crippen LogP contribution in [0, 0.1) is 13.8 Å². The van der Waals surface area contributed by atoms with Crippen LogP contribution in [0.3, 0.4) is 0 Å². The van der Waals surface area contributed by atoms with E-state index in [-0.39, 0.29) is 23.5 Å². The molecule has 0 bridgehead atoms. The molecule has 0 aliphatic heterocycles. The summed E-state index contributed by atoms with van der Waals surface area (Å²) in [5.41, 5.74) is 3.90. The number of hydrogen-bond donors (Lipinski definition) is 1. The summed E-state index contributed by atoms with van der Waals surface area (Å²) >= 11 is 0.969. The van der Waals surface area contributed by atoms with Gasteiger partial charge in [0.15, 0.2) is 0 Å². The van der Waals surface area contributed by atoms with E-state index in [2.05, 4.69) is 13.7 Å². The van der Waals surface area contributed by atoms with Gasteiger partial charge in [-0.15, -0.1) is 0 Å². The zero-order chi connectivity index (χ0) is 25.4. The number of ether oxygens (including phenoxy) is 1. The molecule has 2 heterocycles. The summed E-state index contributed by atoms with van der Waals surface area (Å²) in [5, 5.41) is 0.841. The lowest BCUT2D eigenvalue weighted by Gasteiger charge is -2.23. The summed E-state index contributed by atoms with van der Waals surface area (Å²) < 4.78 is 43.4. The third kappa shape index (κ3) is 4.39. The molecule has 8 nitrogen and oxygen atoms in total. The number of rotatable bonds is 7. The third-order valence-electron chi connectivity index (χ3n) is 6.21. The molecule has 0 saturated carbocycles. The molecule has 0 spiro atoms. The second-order valence-corrected chi connectivity index (χ2v) is 11.0. The molecule has 3 aromatic carbocycles. The Kier molecular flexibility index (Phi) is 6.33. The number of methoxy groups -OCH3 is 1. The molecule has 0 radical (unpaired) electrons. The van der Waals surface area contributed by atoms with Crippen molar-refractivity contribution >= 4 is 43.7 Å². The fourth-order valence-corrected chi connectivity index (χ4v) is 6.64. The lowest BCUT2D eigenvalue weighted by molar-refractivity contribution is 0.398. The van der Waals surface area contributed by atoms with Gasteiger partial charge in [0.25, 0.3) is 5.56 Å². The first-order valence-electron chi connectivity index (χ1n) is 11.2. The Labute approximate surface area is 212 Å². The van der Waals surface area contributed by atoms with E-state index in [1.54, 1.807) is 44.4 Å². The van der Waals surface area contributed by atoms with Crippen molar-refractivity contribution in [3.63, 3.8) is 0 Å². The van der Waals surface area contributed by atoms with Crippen LogP contribution < -0.4 is 10.3 Å². The number of pyridine rings is 1. The van der Waals surface area contributed by atoms with E-state index in [1.807, 2.05) is 37.3 Å². The van der Waals surface area contributed by atoms with Crippen LogP contribution in [0.4, 0.5) is 0 Å². The Hall–Kier alpha value is -3.60. The zero-order valence-corrected chi connectivity index (χ0v) is 21.6. The summed E-state index contributed by atoms with van der Waals surface area (Å²) in [5.74, 6) is 0.670. The molecule has 0 amide bonds. The maximum absolute atomic E-state index is 14.2. The number of hydrogen-bond acceptors (Lipinski definition) is 7. The first kappa shape index (κ1) is 24.1. The van der Waals surface area contributed by atoms with E-state index in [0.29, 0.717) is 27.9 Å².